The molecule has 102 valence electrons. The smallest absolute Gasteiger partial charge is 0.149 e. The largest absolute Gasteiger partial charge is 0.467 e. The van der Waals surface area contributed by atoms with E-state index in [9.17, 15) is 8.78 Å². The lowest BCUT2D eigenvalue weighted by Crippen LogP contribution is -2.16. The molecule has 0 spiro atoms. The van der Waals surface area contributed by atoms with E-state index in [-0.39, 0.29) is 10.9 Å². The van der Waals surface area contributed by atoms with Crippen LogP contribution in [0.4, 0.5) is 14.5 Å². The molecule has 0 fully saturated rings. The molecule has 3 rings (SSSR count). The van der Waals surface area contributed by atoms with Gasteiger partial charge in [-0.15, -0.1) is 0 Å². The predicted octanol–water partition coefficient (Wildman–Crippen LogP) is 3.74. The second-order valence-electron chi connectivity index (χ2n) is 4.52. The molecule has 5 heteroatoms. The fourth-order valence-electron chi connectivity index (χ4n) is 2.22. The number of aromatic nitrogens is 1. The lowest BCUT2D eigenvalue weighted by molar-refractivity contribution is 0.507. The first kappa shape index (κ1) is 12.6. The van der Waals surface area contributed by atoms with Gasteiger partial charge in [-0.2, -0.15) is 0 Å². The number of furan rings is 1. The van der Waals surface area contributed by atoms with Crippen LogP contribution >= 0.6 is 0 Å². The number of benzene rings is 1. The molecular formula is C15H12F2N2O. The van der Waals surface area contributed by atoms with E-state index in [0.29, 0.717) is 12.2 Å². The minimum atomic E-state index is -0.533. The zero-order valence-corrected chi connectivity index (χ0v) is 10.8. The van der Waals surface area contributed by atoms with Gasteiger partial charge in [0.05, 0.1) is 23.9 Å². The van der Waals surface area contributed by atoms with Crippen molar-refractivity contribution in [3.05, 3.63) is 60.2 Å². The van der Waals surface area contributed by atoms with Crippen LogP contribution in [0.1, 0.15) is 5.76 Å². The number of anilines is 1. The lowest BCUT2D eigenvalue weighted by atomic mass is 10.1. The van der Waals surface area contributed by atoms with E-state index >= 15 is 0 Å². The average Bonchev–Trinajstić information content (AvgIpc) is 2.95. The molecule has 0 amide bonds. The Hall–Kier alpha value is -2.43. The Morgan fingerprint density at radius 1 is 1.15 bits per heavy atom. The number of hydrogen-bond donors (Lipinski definition) is 0. The summed E-state index contributed by atoms with van der Waals surface area (Å²) in [5.41, 5.74) is 0.609. The first-order chi connectivity index (χ1) is 9.66. The molecular weight excluding hydrogens is 262 g/mol. The highest BCUT2D eigenvalue weighted by Crippen LogP contribution is 2.29. The minimum Gasteiger partial charge on any atom is -0.467 e. The molecule has 1 aromatic carbocycles. The summed E-state index contributed by atoms with van der Waals surface area (Å²) < 4.78 is 33.0. The summed E-state index contributed by atoms with van der Waals surface area (Å²) in [7, 11) is 1.79. The van der Waals surface area contributed by atoms with E-state index in [1.807, 2.05) is 6.07 Å². The van der Waals surface area contributed by atoms with Crippen LogP contribution in [0.25, 0.3) is 10.9 Å². The molecule has 0 saturated heterocycles. The summed E-state index contributed by atoms with van der Waals surface area (Å²) >= 11 is 0. The van der Waals surface area contributed by atoms with Gasteiger partial charge >= 0.3 is 0 Å². The first-order valence-corrected chi connectivity index (χ1v) is 6.13. The Bertz CT molecular complexity index is 741. The van der Waals surface area contributed by atoms with Crippen molar-refractivity contribution in [1.29, 1.82) is 0 Å². The van der Waals surface area contributed by atoms with E-state index in [1.54, 1.807) is 30.3 Å². The van der Waals surface area contributed by atoms with Crippen molar-refractivity contribution in [1.82, 2.24) is 4.98 Å². The predicted molar refractivity (Wildman–Crippen MR) is 72.5 cm³/mol. The molecule has 2 heterocycles. The maximum atomic E-state index is 14.0. The molecule has 0 atom stereocenters. The van der Waals surface area contributed by atoms with Crippen molar-refractivity contribution in [3.63, 3.8) is 0 Å². The van der Waals surface area contributed by atoms with Crippen molar-refractivity contribution in [2.75, 3.05) is 11.9 Å². The van der Waals surface area contributed by atoms with Crippen LogP contribution in [-0.2, 0) is 6.54 Å². The highest BCUT2D eigenvalue weighted by molar-refractivity contribution is 5.92. The number of nitrogens with zero attached hydrogens (tertiary/aromatic N) is 2. The molecule has 0 aliphatic rings. The van der Waals surface area contributed by atoms with E-state index in [4.69, 9.17) is 4.42 Å². The SMILES string of the molecule is CN(Cc1ccco1)c1ccnc2c(F)ccc(F)c12. The number of hydrogen-bond acceptors (Lipinski definition) is 3. The van der Waals surface area contributed by atoms with Crippen molar-refractivity contribution in [2.45, 2.75) is 6.54 Å². The van der Waals surface area contributed by atoms with E-state index in [1.165, 1.54) is 6.20 Å². The summed E-state index contributed by atoms with van der Waals surface area (Å²) in [6.07, 6.45) is 3.05. The molecule has 0 N–H and O–H groups in total. The third-order valence-electron chi connectivity index (χ3n) is 3.15. The second-order valence-corrected chi connectivity index (χ2v) is 4.52. The zero-order chi connectivity index (χ0) is 14.1. The van der Waals surface area contributed by atoms with Crippen LogP contribution in [-0.4, -0.2) is 12.0 Å². The summed E-state index contributed by atoms with van der Waals surface area (Å²) in [6.45, 7) is 0.460. The number of pyridine rings is 1. The quantitative estimate of drug-likeness (QED) is 0.728. The normalized spacial score (nSPS) is 10.9. The van der Waals surface area contributed by atoms with Gasteiger partial charge in [-0.3, -0.25) is 4.98 Å². The van der Waals surface area contributed by atoms with Crippen LogP contribution in [0.2, 0.25) is 0 Å². The summed E-state index contributed by atoms with van der Waals surface area (Å²) in [6, 6.07) is 7.48. The molecule has 20 heavy (non-hydrogen) atoms. The van der Waals surface area contributed by atoms with Gasteiger partial charge in [0.1, 0.15) is 22.9 Å². The Balaban J connectivity index is 2.09. The van der Waals surface area contributed by atoms with Crippen LogP contribution < -0.4 is 4.90 Å². The average molecular weight is 274 g/mol. The molecule has 0 aliphatic heterocycles. The van der Waals surface area contributed by atoms with Gasteiger partial charge < -0.3 is 9.32 Å². The molecule has 0 bridgehead atoms. The fourth-order valence-corrected chi connectivity index (χ4v) is 2.22. The Morgan fingerprint density at radius 3 is 2.70 bits per heavy atom. The van der Waals surface area contributed by atoms with Gasteiger partial charge in [0.25, 0.3) is 0 Å². The van der Waals surface area contributed by atoms with Crippen LogP contribution in [0.5, 0.6) is 0 Å². The minimum absolute atomic E-state index is 0.0359. The summed E-state index contributed by atoms with van der Waals surface area (Å²) in [5.74, 6) is -0.278. The van der Waals surface area contributed by atoms with Crippen molar-refractivity contribution in [2.24, 2.45) is 0 Å². The zero-order valence-electron chi connectivity index (χ0n) is 10.8. The number of fused-ring (bicyclic) bond motifs is 1. The topological polar surface area (TPSA) is 29.3 Å². The molecule has 0 unspecified atom stereocenters. The van der Waals surface area contributed by atoms with Crippen molar-refractivity contribution >= 4 is 16.6 Å². The Kier molecular flexibility index (Phi) is 3.10. The Labute approximate surface area is 114 Å². The highest BCUT2D eigenvalue weighted by atomic mass is 19.1. The lowest BCUT2D eigenvalue weighted by Gasteiger charge is -2.20. The highest BCUT2D eigenvalue weighted by Gasteiger charge is 2.14. The van der Waals surface area contributed by atoms with E-state index in [2.05, 4.69) is 4.98 Å². The number of halogens is 2. The monoisotopic (exact) mass is 274 g/mol. The van der Waals surface area contributed by atoms with Gasteiger partial charge in [0.15, 0.2) is 0 Å². The van der Waals surface area contributed by atoms with Gasteiger partial charge in [-0.1, -0.05) is 0 Å². The van der Waals surface area contributed by atoms with Gasteiger partial charge in [-0.25, -0.2) is 8.78 Å². The van der Waals surface area contributed by atoms with Crippen LogP contribution in [0.15, 0.2) is 47.2 Å². The first-order valence-electron chi connectivity index (χ1n) is 6.13. The maximum absolute atomic E-state index is 14.0. The molecule has 0 radical (unpaired) electrons. The fraction of sp³-hybridized carbons (Fsp3) is 0.133. The van der Waals surface area contributed by atoms with E-state index in [0.717, 1.165) is 17.9 Å². The van der Waals surface area contributed by atoms with Gasteiger partial charge in [0.2, 0.25) is 0 Å². The van der Waals surface area contributed by atoms with Crippen molar-refractivity contribution in [3.8, 4) is 0 Å². The third-order valence-corrected chi connectivity index (χ3v) is 3.15. The second kappa shape index (κ2) is 4.92. The molecule has 2 aromatic heterocycles. The summed E-state index contributed by atoms with van der Waals surface area (Å²) in [4.78, 5) is 5.71. The van der Waals surface area contributed by atoms with Crippen LogP contribution in [0, 0.1) is 11.6 Å². The summed E-state index contributed by atoms with van der Waals surface area (Å²) in [5, 5.41) is 0.182. The molecule has 0 saturated carbocycles. The van der Waals surface area contributed by atoms with E-state index < -0.39 is 11.6 Å². The van der Waals surface area contributed by atoms with Gasteiger partial charge in [-0.05, 0) is 30.3 Å². The molecule has 3 aromatic rings. The molecule has 3 nitrogen and oxygen atoms in total. The maximum Gasteiger partial charge on any atom is 0.149 e. The van der Waals surface area contributed by atoms with Crippen LogP contribution in [0.3, 0.4) is 0 Å². The Morgan fingerprint density at radius 2 is 1.95 bits per heavy atom. The van der Waals surface area contributed by atoms with Crippen molar-refractivity contribution < 1.29 is 13.2 Å². The van der Waals surface area contributed by atoms with Gasteiger partial charge in [0, 0.05) is 13.2 Å². The standard InChI is InChI=1S/C15H12F2N2O/c1-19(9-10-3-2-8-20-10)13-6-7-18-15-12(17)5-4-11(16)14(13)15/h2-8H,9H2,1H3. The number of rotatable bonds is 3. The third kappa shape index (κ3) is 2.11. The molecule has 0 aliphatic carbocycles.